The fourth-order valence-corrected chi connectivity index (χ4v) is 4.13. The second kappa shape index (κ2) is 6.80. The number of rotatable bonds is 2. The SMILES string of the molecule is Cc1cc(C(=O)N2Cc3nc4c(-c5ccccc5)c(C)[nH]n4c(=O)c3C2)c(=O)[nH]c1C. The molecule has 0 saturated carbocycles. The highest BCUT2D eigenvalue weighted by Gasteiger charge is 2.31. The number of hydrogen-bond acceptors (Lipinski definition) is 4. The Hall–Kier alpha value is -3.94. The minimum atomic E-state index is -0.428. The van der Waals surface area contributed by atoms with Gasteiger partial charge in [0.15, 0.2) is 5.65 Å². The van der Waals surface area contributed by atoms with Gasteiger partial charge in [-0.2, -0.15) is 0 Å². The van der Waals surface area contributed by atoms with Crippen molar-refractivity contribution in [1.82, 2.24) is 24.5 Å². The first kappa shape index (κ1) is 19.0. The van der Waals surface area contributed by atoms with Crippen LogP contribution in [0.25, 0.3) is 16.8 Å². The monoisotopic (exact) mass is 415 g/mol. The summed E-state index contributed by atoms with van der Waals surface area (Å²) < 4.78 is 1.44. The molecule has 0 bridgehead atoms. The number of hydrogen-bond donors (Lipinski definition) is 2. The van der Waals surface area contributed by atoms with E-state index in [1.54, 1.807) is 13.0 Å². The van der Waals surface area contributed by atoms with Gasteiger partial charge in [0.2, 0.25) is 0 Å². The van der Waals surface area contributed by atoms with Crippen LogP contribution in [0.2, 0.25) is 0 Å². The van der Waals surface area contributed by atoms with Crippen molar-refractivity contribution < 1.29 is 4.79 Å². The van der Waals surface area contributed by atoms with Gasteiger partial charge >= 0.3 is 0 Å². The van der Waals surface area contributed by atoms with E-state index in [0.717, 1.165) is 28.1 Å². The van der Waals surface area contributed by atoms with E-state index in [4.69, 9.17) is 4.98 Å². The maximum atomic E-state index is 13.2. The molecular weight excluding hydrogens is 394 g/mol. The number of nitrogens with zero attached hydrogens (tertiary/aromatic N) is 3. The molecule has 1 amide bonds. The molecule has 0 unspecified atom stereocenters. The Kier molecular flexibility index (Phi) is 4.18. The molecule has 0 radical (unpaired) electrons. The van der Waals surface area contributed by atoms with Gasteiger partial charge in [-0.1, -0.05) is 30.3 Å². The first-order valence-corrected chi connectivity index (χ1v) is 10.0. The number of benzene rings is 1. The molecule has 1 aliphatic heterocycles. The number of carbonyl (C=O) groups excluding carboxylic acids is 1. The van der Waals surface area contributed by atoms with Crippen LogP contribution in [-0.4, -0.2) is 30.4 Å². The Morgan fingerprint density at radius 2 is 1.77 bits per heavy atom. The molecule has 156 valence electrons. The summed E-state index contributed by atoms with van der Waals surface area (Å²) >= 11 is 0. The Labute approximate surface area is 177 Å². The quantitative estimate of drug-likeness (QED) is 0.525. The second-order valence-electron chi connectivity index (χ2n) is 7.96. The van der Waals surface area contributed by atoms with Crippen molar-refractivity contribution in [3.63, 3.8) is 0 Å². The van der Waals surface area contributed by atoms with Gasteiger partial charge in [-0.25, -0.2) is 9.50 Å². The van der Waals surface area contributed by atoms with Crippen molar-refractivity contribution in [1.29, 1.82) is 0 Å². The zero-order valence-corrected chi connectivity index (χ0v) is 17.4. The summed E-state index contributed by atoms with van der Waals surface area (Å²) in [6, 6.07) is 11.3. The van der Waals surface area contributed by atoms with E-state index in [2.05, 4.69) is 10.1 Å². The number of pyridine rings is 1. The van der Waals surface area contributed by atoms with Crippen LogP contribution >= 0.6 is 0 Å². The van der Waals surface area contributed by atoms with Gasteiger partial charge in [-0.15, -0.1) is 0 Å². The third-order valence-corrected chi connectivity index (χ3v) is 5.91. The molecule has 4 heterocycles. The Morgan fingerprint density at radius 1 is 1.03 bits per heavy atom. The zero-order chi connectivity index (χ0) is 21.9. The number of amides is 1. The number of fused-ring (bicyclic) bond motifs is 2. The van der Waals surface area contributed by atoms with Gasteiger partial charge in [0.1, 0.15) is 5.56 Å². The van der Waals surface area contributed by atoms with Crippen LogP contribution in [-0.2, 0) is 13.1 Å². The van der Waals surface area contributed by atoms with Crippen LogP contribution in [0.15, 0.2) is 46.0 Å². The summed E-state index contributed by atoms with van der Waals surface area (Å²) in [4.78, 5) is 47.5. The van der Waals surface area contributed by atoms with Crippen molar-refractivity contribution in [3.05, 3.63) is 90.9 Å². The van der Waals surface area contributed by atoms with Crippen LogP contribution in [0.4, 0.5) is 0 Å². The minimum absolute atomic E-state index is 0.0717. The molecule has 8 nitrogen and oxygen atoms in total. The minimum Gasteiger partial charge on any atom is -0.328 e. The van der Waals surface area contributed by atoms with Gasteiger partial charge in [-0.05, 0) is 38.0 Å². The first-order valence-electron chi connectivity index (χ1n) is 10.0. The fraction of sp³-hybridized carbons (Fsp3) is 0.217. The molecule has 0 aliphatic carbocycles. The highest BCUT2D eigenvalue weighted by atomic mass is 16.2. The lowest BCUT2D eigenvalue weighted by molar-refractivity contribution is 0.0748. The predicted molar refractivity (Wildman–Crippen MR) is 116 cm³/mol. The molecule has 2 N–H and O–H groups in total. The number of nitrogens with one attached hydrogen (secondary N) is 2. The summed E-state index contributed by atoms with van der Waals surface area (Å²) in [5.74, 6) is -0.408. The Morgan fingerprint density at radius 3 is 2.52 bits per heavy atom. The molecular formula is C23H21N5O3. The first-order chi connectivity index (χ1) is 14.8. The number of H-pyrrole nitrogens is 2. The van der Waals surface area contributed by atoms with E-state index in [9.17, 15) is 14.4 Å². The van der Waals surface area contributed by atoms with Crippen molar-refractivity contribution in [2.45, 2.75) is 33.9 Å². The molecule has 1 aromatic carbocycles. The third kappa shape index (κ3) is 2.91. The van der Waals surface area contributed by atoms with E-state index >= 15 is 0 Å². The zero-order valence-electron chi connectivity index (χ0n) is 17.4. The molecule has 0 fully saturated rings. The van der Waals surface area contributed by atoms with Gasteiger partial charge in [0.25, 0.3) is 17.0 Å². The summed E-state index contributed by atoms with van der Waals surface area (Å²) in [6.45, 7) is 5.84. The lowest BCUT2D eigenvalue weighted by Gasteiger charge is -2.15. The topological polar surface area (TPSA) is 103 Å². The molecule has 5 rings (SSSR count). The Bertz CT molecular complexity index is 1480. The number of carbonyl (C=O) groups is 1. The predicted octanol–water partition coefficient (Wildman–Crippen LogP) is 2.46. The van der Waals surface area contributed by atoms with Crippen molar-refractivity contribution in [2.24, 2.45) is 0 Å². The molecule has 8 heteroatoms. The fourth-order valence-electron chi connectivity index (χ4n) is 4.13. The van der Waals surface area contributed by atoms with E-state index < -0.39 is 11.5 Å². The maximum Gasteiger partial charge on any atom is 0.278 e. The molecule has 1 aliphatic rings. The molecule has 0 atom stereocenters. The summed E-state index contributed by atoms with van der Waals surface area (Å²) in [5.41, 5.74) is 5.19. The standard InChI is InChI=1S/C23H21N5O3/c1-12-9-16(21(29)24-13(12)2)22(30)27-10-17-18(11-27)25-20-19(15-7-5-4-6-8-15)14(3)26-28(20)23(17)31/h4-9,26H,10-11H2,1-3H3,(H,24,29). The summed E-state index contributed by atoms with van der Waals surface area (Å²) in [5, 5.41) is 3.11. The average molecular weight is 415 g/mol. The summed E-state index contributed by atoms with van der Waals surface area (Å²) in [6.07, 6.45) is 0. The molecule has 3 aromatic heterocycles. The van der Waals surface area contributed by atoms with E-state index in [-0.39, 0.29) is 24.2 Å². The van der Waals surface area contributed by atoms with Crippen LogP contribution in [0.1, 0.15) is 38.6 Å². The van der Waals surface area contributed by atoms with Gasteiger partial charge in [0, 0.05) is 17.0 Å². The van der Waals surface area contributed by atoms with Crippen molar-refractivity contribution in [2.75, 3.05) is 0 Å². The van der Waals surface area contributed by atoms with E-state index in [0.29, 0.717) is 16.9 Å². The lowest BCUT2D eigenvalue weighted by Crippen LogP contribution is -2.31. The molecule has 4 aromatic rings. The largest absolute Gasteiger partial charge is 0.328 e. The second-order valence-corrected chi connectivity index (χ2v) is 7.96. The number of aromatic amines is 2. The van der Waals surface area contributed by atoms with E-state index in [1.807, 2.05) is 44.2 Å². The Balaban J connectivity index is 1.58. The summed E-state index contributed by atoms with van der Waals surface area (Å²) in [7, 11) is 0. The van der Waals surface area contributed by atoms with E-state index in [1.165, 1.54) is 9.42 Å². The lowest BCUT2D eigenvalue weighted by atomic mass is 10.1. The smallest absolute Gasteiger partial charge is 0.278 e. The highest BCUT2D eigenvalue weighted by Crippen LogP contribution is 2.28. The average Bonchev–Trinajstić information content (AvgIpc) is 3.32. The number of aromatic nitrogens is 4. The van der Waals surface area contributed by atoms with Gasteiger partial charge < -0.3 is 9.88 Å². The normalized spacial score (nSPS) is 13.1. The van der Waals surface area contributed by atoms with Crippen LogP contribution in [0, 0.1) is 20.8 Å². The molecule has 31 heavy (non-hydrogen) atoms. The van der Waals surface area contributed by atoms with Crippen molar-refractivity contribution in [3.8, 4) is 11.1 Å². The van der Waals surface area contributed by atoms with Crippen LogP contribution in [0.5, 0.6) is 0 Å². The maximum absolute atomic E-state index is 13.2. The van der Waals surface area contributed by atoms with Gasteiger partial charge in [-0.3, -0.25) is 19.5 Å². The number of aryl methyl sites for hydroxylation is 3. The third-order valence-electron chi connectivity index (χ3n) is 5.91. The van der Waals surface area contributed by atoms with Crippen molar-refractivity contribution >= 4 is 11.6 Å². The van der Waals surface area contributed by atoms with Crippen LogP contribution < -0.4 is 11.1 Å². The molecule has 0 saturated heterocycles. The van der Waals surface area contributed by atoms with Gasteiger partial charge in [0.05, 0.1) is 24.3 Å². The molecule has 0 spiro atoms. The van der Waals surface area contributed by atoms with Crippen LogP contribution in [0.3, 0.4) is 0 Å². The highest BCUT2D eigenvalue weighted by molar-refractivity contribution is 5.94.